The summed E-state index contributed by atoms with van der Waals surface area (Å²) in [6, 6.07) is 11.7. The number of benzene rings is 1. The molecular weight excluding hydrogens is 322 g/mol. The summed E-state index contributed by atoms with van der Waals surface area (Å²) in [7, 11) is 0. The van der Waals surface area contributed by atoms with E-state index >= 15 is 0 Å². The first kappa shape index (κ1) is 16.4. The first-order valence-electron chi connectivity index (χ1n) is 7.93. The standard InChI is InChI=1S/C18H19N3O2S/c22-17-7-6-16(18(23)19-10-8-15-9-11-24-13-15)20-21(17)12-14-4-2-1-3-5-14/h1-5,9,11,13H,6-8,10,12H2,(H,19,23). The lowest BCUT2D eigenvalue weighted by Crippen LogP contribution is -2.39. The molecule has 0 spiro atoms. The quantitative estimate of drug-likeness (QED) is 0.878. The van der Waals surface area contributed by atoms with E-state index in [0.717, 1.165) is 12.0 Å². The van der Waals surface area contributed by atoms with Crippen LogP contribution in [0.25, 0.3) is 0 Å². The van der Waals surface area contributed by atoms with Crippen LogP contribution in [0.15, 0.2) is 52.3 Å². The Hall–Kier alpha value is -2.47. The highest BCUT2D eigenvalue weighted by Crippen LogP contribution is 2.13. The van der Waals surface area contributed by atoms with E-state index in [1.165, 1.54) is 10.6 Å². The van der Waals surface area contributed by atoms with Crippen molar-refractivity contribution in [3.63, 3.8) is 0 Å². The summed E-state index contributed by atoms with van der Waals surface area (Å²) in [5, 5.41) is 12.6. The molecule has 2 aromatic rings. The largest absolute Gasteiger partial charge is 0.351 e. The molecule has 0 bridgehead atoms. The van der Waals surface area contributed by atoms with Gasteiger partial charge < -0.3 is 5.32 Å². The van der Waals surface area contributed by atoms with Crippen molar-refractivity contribution in [1.82, 2.24) is 10.3 Å². The van der Waals surface area contributed by atoms with Crippen LogP contribution in [0.2, 0.25) is 0 Å². The summed E-state index contributed by atoms with van der Waals surface area (Å²) >= 11 is 1.65. The van der Waals surface area contributed by atoms with Crippen molar-refractivity contribution in [2.45, 2.75) is 25.8 Å². The van der Waals surface area contributed by atoms with E-state index < -0.39 is 0 Å². The Morgan fingerprint density at radius 1 is 1.17 bits per heavy atom. The Morgan fingerprint density at radius 3 is 2.75 bits per heavy atom. The van der Waals surface area contributed by atoms with Gasteiger partial charge in [0.25, 0.3) is 5.91 Å². The highest BCUT2D eigenvalue weighted by molar-refractivity contribution is 7.07. The molecule has 2 amide bonds. The molecule has 2 heterocycles. The van der Waals surface area contributed by atoms with E-state index in [9.17, 15) is 9.59 Å². The minimum Gasteiger partial charge on any atom is -0.351 e. The second kappa shape index (κ2) is 7.88. The molecule has 0 unspecified atom stereocenters. The van der Waals surface area contributed by atoms with Gasteiger partial charge in [-0.25, -0.2) is 5.01 Å². The molecule has 0 fully saturated rings. The van der Waals surface area contributed by atoms with Crippen LogP contribution in [0.4, 0.5) is 0 Å². The topological polar surface area (TPSA) is 61.8 Å². The van der Waals surface area contributed by atoms with Crippen molar-refractivity contribution in [2.75, 3.05) is 6.54 Å². The highest BCUT2D eigenvalue weighted by Gasteiger charge is 2.24. The average Bonchev–Trinajstić information content (AvgIpc) is 3.11. The molecule has 24 heavy (non-hydrogen) atoms. The van der Waals surface area contributed by atoms with E-state index in [0.29, 0.717) is 31.6 Å². The van der Waals surface area contributed by atoms with Crippen molar-refractivity contribution < 1.29 is 9.59 Å². The third-order valence-electron chi connectivity index (χ3n) is 3.82. The van der Waals surface area contributed by atoms with Crippen LogP contribution in [-0.4, -0.2) is 29.1 Å². The number of hydrogen-bond acceptors (Lipinski definition) is 4. The molecule has 0 atom stereocenters. The van der Waals surface area contributed by atoms with Gasteiger partial charge in [-0.05, 0) is 34.4 Å². The van der Waals surface area contributed by atoms with Gasteiger partial charge in [0.1, 0.15) is 5.71 Å². The lowest BCUT2D eigenvalue weighted by Gasteiger charge is -2.23. The number of amides is 2. The number of rotatable bonds is 6. The van der Waals surface area contributed by atoms with Crippen molar-refractivity contribution in [3.8, 4) is 0 Å². The van der Waals surface area contributed by atoms with Crippen LogP contribution < -0.4 is 5.32 Å². The molecule has 0 aliphatic carbocycles. The molecule has 1 aromatic heterocycles. The van der Waals surface area contributed by atoms with Gasteiger partial charge in [0.15, 0.2) is 0 Å². The molecule has 3 rings (SSSR count). The van der Waals surface area contributed by atoms with Gasteiger partial charge in [-0.1, -0.05) is 30.3 Å². The Bertz CT molecular complexity index is 726. The predicted octanol–water partition coefficient (Wildman–Crippen LogP) is 2.59. The molecule has 0 saturated carbocycles. The molecule has 1 aliphatic heterocycles. The van der Waals surface area contributed by atoms with Crippen molar-refractivity contribution in [3.05, 3.63) is 58.3 Å². The van der Waals surface area contributed by atoms with Crippen molar-refractivity contribution in [1.29, 1.82) is 0 Å². The second-order valence-electron chi connectivity index (χ2n) is 5.62. The van der Waals surface area contributed by atoms with Gasteiger partial charge in [0, 0.05) is 19.4 Å². The highest BCUT2D eigenvalue weighted by atomic mass is 32.1. The third kappa shape index (κ3) is 4.29. The lowest BCUT2D eigenvalue weighted by molar-refractivity contribution is -0.132. The summed E-state index contributed by atoms with van der Waals surface area (Å²) in [6.07, 6.45) is 1.52. The van der Waals surface area contributed by atoms with E-state index in [1.54, 1.807) is 11.3 Å². The van der Waals surface area contributed by atoms with Gasteiger partial charge >= 0.3 is 0 Å². The second-order valence-corrected chi connectivity index (χ2v) is 6.40. The fraction of sp³-hybridized carbons (Fsp3) is 0.278. The van der Waals surface area contributed by atoms with E-state index in [1.807, 2.05) is 35.7 Å². The summed E-state index contributed by atoms with van der Waals surface area (Å²) in [6.45, 7) is 0.965. The zero-order valence-electron chi connectivity index (χ0n) is 13.3. The summed E-state index contributed by atoms with van der Waals surface area (Å²) in [5.41, 5.74) is 2.64. The molecule has 5 nitrogen and oxygen atoms in total. The van der Waals surface area contributed by atoms with Gasteiger partial charge in [0.2, 0.25) is 5.91 Å². The number of hydrazone groups is 1. The third-order valence-corrected chi connectivity index (χ3v) is 4.55. The van der Waals surface area contributed by atoms with Gasteiger partial charge in [0.05, 0.1) is 6.54 Å². The molecule has 124 valence electrons. The molecule has 6 heteroatoms. The Labute approximate surface area is 145 Å². The van der Waals surface area contributed by atoms with Crippen LogP contribution in [0.1, 0.15) is 24.0 Å². The fourth-order valence-corrected chi connectivity index (χ4v) is 3.21. The van der Waals surface area contributed by atoms with Crippen LogP contribution in [-0.2, 0) is 22.6 Å². The summed E-state index contributed by atoms with van der Waals surface area (Å²) in [4.78, 5) is 24.3. The van der Waals surface area contributed by atoms with E-state index in [-0.39, 0.29) is 11.8 Å². The molecule has 1 N–H and O–H groups in total. The monoisotopic (exact) mass is 341 g/mol. The van der Waals surface area contributed by atoms with E-state index in [4.69, 9.17) is 0 Å². The normalized spacial score (nSPS) is 14.4. The number of thiophene rings is 1. The maximum atomic E-state index is 12.3. The van der Waals surface area contributed by atoms with Crippen molar-refractivity contribution in [2.24, 2.45) is 5.10 Å². The maximum Gasteiger partial charge on any atom is 0.267 e. The minimum atomic E-state index is -0.184. The van der Waals surface area contributed by atoms with Gasteiger partial charge in [-0.2, -0.15) is 16.4 Å². The SMILES string of the molecule is O=C(NCCc1ccsc1)C1=NN(Cc2ccccc2)C(=O)CC1. The Kier molecular flexibility index (Phi) is 5.38. The first-order chi connectivity index (χ1) is 11.7. The first-order valence-corrected chi connectivity index (χ1v) is 8.88. The summed E-state index contributed by atoms with van der Waals surface area (Å²) in [5.74, 6) is -0.232. The van der Waals surface area contributed by atoms with Gasteiger partial charge in [-0.3, -0.25) is 9.59 Å². The number of hydrogen-bond donors (Lipinski definition) is 1. The van der Waals surface area contributed by atoms with Crippen LogP contribution in [0.5, 0.6) is 0 Å². The lowest BCUT2D eigenvalue weighted by atomic mass is 10.1. The average molecular weight is 341 g/mol. The number of carbonyl (C=O) groups is 2. The van der Waals surface area contributed by atoms with E-state index in [2.05, 4.69) is 21.9 Å². The van der Waals surface area contributed by atoms with Crippen LogP contribution in [0, 0.1) is 0 Å². The molecule has 1 aromatic carbocycles. The molecular formula is C18H19N3O2S. The Balaban J connectivity index is 1.58. The minimum absolute atomic E-state index is 0.0475. The zero-order chi connectivity index (χ0) is 16.8. The van der Waals surface area contributed by atoms with Crippen LogP contribution >= 0.6 is 11.3 Å². The fourth-order valence-electron chi connectivity index (χ4n) is 2.50. The predicted molar refractivity (Wildman–Crippen MR) is 94.7 cm³/mol. The molecule has 1 aliphatic rings. The smallest absolute Gasteiger partial charge is 0.267 e. The number of nitrogens with one attached hydrogen (secondary N) is 1. The van der Waals surface area contributed by atoms with Gasteiger partial charge in [-0.15, -0.1) is 0 Å². The number of carbonyl (C=O) groups excluding carboxylic acids is 2. The van der Waals surface area contributed by atoms with Crippen molar-refractivity contribution >= 4 is 28.9 Å². The Morgan fingerprint density at radius 2 is 2.00 bits per heavy atom. The number of nitrogens with zero attached hydrogens (tertiary/aromatic N) is 2. The molecule has 0 radical (unpaired) electrons. The summed E-state index contributed by atoms with van der Waals surface area (Å²) < 4.78 is 0. The van der Waals surface area contributed by atoms with Crippen LogP contribution in [0.3, 0.4) is 0 Å². The maximum absolute atomic E-state index is 12.3. The molecule has 0 saturated heterocycles. The zero-order valence-corrected chi connectivity index (χ0v) is 14.1.